The molecule has 0 aromatic heterocycles. The number of amides is 2. The summed E-state index contributed by atoms with van der Waals surface area (Å²) in [7, 11) is 0. The molecular weight excluding hydrogens is 372 g/mol. The van der Waals surface area contributed by atoms with Crippen molar-refractivity contribution in [3.8, 4) is 0 Å². The lowest BCUT2D eigenvalue weighted by Crippen LogP contribution is -2.47. The van der Waals surface area contributed by atoms with Crippen LogP contribution >= 0.6 is 11.6 Å². The fourth-order valence-corrected chi connectivity index (χ4v) is 4.30. The zero-order valence-electron chi connectivity index (χ0n) is 16.5. The SMILES string of the molecule is Cc1cccc(C)c1NC(=O)CNC(=O)C1(c2cccc(Cl)c2)CCCCC1. The summed E-state index contributed by atoms with van der Waals surface area (Å²) in [6, 6.07) is 13.4. The highest BCUT2D eigenvalue weighted by Crippen LogP contribution is 2.40. The van der Waals surface area contributed by atoms with E-state index >= 15 is 0 Å². The van der Waals surface area contributed by atoms with Gasteiger partial charge in [-0.25, -0.2) is 0 Å². The van der Waals surface area contributed by atoms with Crippen LogP contribution in [-0.2, 0) is 15.0 Å². The second-order valence-corrected chi connectivity index (χ2v) is 8.09. The number of aryl methyl sites for hydroxylation is 2. The van der Waals surface area contributed by atoms with E-state index in [9.17, 15) is 9.59 Å². The third kappa shape index (κ3) is 4.39. The molecule has 0 saturated heterocycles. The number of rotatable bonds is 5. The van der Waals surface area contributed by atoms with Crippen molar-refractivity contribution >= 4 is 29.1 Å². The quantitative estimate of drug-likeness (QED) is 0.751. The first kappa shape index (κ1) is 20.4. The van der Waals surface area contributed by atoms with E-state index < -0.39 is 5.41 Å². The molecule has 5 heteroatoms. The van der Waals surface area contributed by atoms with Crippen LogP contribution in [0.3, 0.4) is 0 Å². The summed E-state index contributed by atoms with van der Waals surface area (Å²) in [6.07, 6.45) is 4.67. The van der Waals surface area contributed by atoms with Crippen molar-refractivity contribution in [2.24, 2.45) is 0 Å². The van der Waals surface area contributed by atoms with Crippen LogP contribution in [0.4, 0.5) is 5.69 Å². The molecule has 148 valence electrons. The summed E-state index contributed by atoms with van der Waals surface area (Å²) in [4.78, 5) is 25.6. The maximum absolute atomic E-state index is 13.2. The number of nitrogens with one attached hydrogen (secondary N) is 2. The van der Waals surface area contributed by atoms with Gasteiger partial charge in [0.25, 0.3) is 0 Å². The number of carbonyl (C=O) groups excluding carboxylic acids is 2. The van der Waals surface area contributed by atoms with E-state index in [1.165, 1.54) is 0 Å². The maximum Gasteiger partial charge on any atom is 0.243 e. The van der Waals surface area contributed by atoms with Crippen molar-refractivity contribution in [3.63, 3.8) is 0 Å². The number of hydrogen-bond donors (Lipinski definition) is 2. The molecule has 2 amide bonds. The summed E-state index contributed by atoms with van der Waals surface area (Å²) < 4.78 is 0. The Hall–Kier alpha value is -2.33. The van der Waals surface area contributed by atoms with Crippen LogP contribution in [0.15, 0.2) is 42.5 Å². The Morgan fingerprint density at radius 2 is 1.64 bits per heavy atom. The molecule has 0 unspecified atom stereocenters. The maximum atomic E-state index is 13.2. The molecule has 3 rings (SSSR count). The van der Waals surface area contributed by atoms with Gasteiger partial charge >= 0.3 is 0 Å². The largest absolute Gasteiger partial charge is 0.346 e. The summed E-state index contributed by atoms with van der Waals surface area (Å²) in [5, 5.41) is 6.43. The molecule has 2 aromatic rings. The highest BCUT2D eigenvalue weighted by Gasteiger charge is 2.41. The Kier molecular flexibility index (Phi) is 6.40. The van der Waals surface area contributed by atoms with Crippen LogP contribution in [0.2, 0.25) is 5.02 Å². The lowest BCUT2D eigenvalue weighted by Gasteiger charge is -2.36. The molecule has 0 spiro atoms. The first-order valence-corrected chi connectivity index (χ1v) is 10.2. The molecule has 1 aliphatic carbocycles. The van der Waals surface area contributed by atoms with E-state index in [-0.39, 0.29) is 18.4 Å². The second kappa shape index (κ2) is 8.78. The molecule has 0 aliphatic heterocycles. The zero-order chi connectivity index (χ0) is 20.1. The summed E-state index contributed by atoms with van der Waals surface area (Å²) in [6.45, 7) is 3.86. The van der Waals surface area contributed by atoms with Crippen molar-refractivity contribution in [3.05, 3.63) is 64.2 Å². The summed E-state index contributed by atoms with van der Waals surface area (Å²) >= 11 is 6.18. The third-order valence-electron chi connectivity index (χ3n) is 5.67. The zero-order valence-corrected chi connectivity index (χ0v) is 17.2. The van der Waals surface area contributed by atoms with Gasteiger partial charge in [0.2, 0.25) is 11.8 Å². The van der Waals surface area contributed by atoms with Crippen molar-refractivity contribution in [2.45, 2.75) is 51.4 Å². The molecule has 0 atom stereocenters. The minimum atomic E-state index is -0.609. The molecule has 4 nitrogen and oxygen atoms in total. The smallest absolute Gasteiger partial charge is 0.243 e. The van der Waals surface area contributed by atoms with Crippen molar-refractivity contribution in [2.75, 3.05) is 11.9 Å². The molecule has 0 bridgehead atoms. The molecular formula is C23H27ClN2O2. The van der Waals surface area contributed by atoms with Crippen molar-refractivity contribution in [1.29, 1.82) is 0 Å². The number of hydrogen-bond acceptors (Lipinski definition) is 2. The Morgan fingerprint density at radius 1 is 1.00 bits per heavy atom. The van der Waals surface area contributed by atoms with Gasteiger partial charge in [0.15, 0.2) is 0 Å². The minimum absolute atomic E-state index is 0.0467. The Labute approximate surface area is 171 Å². The highest BCUT2D eigenvalue weighted by atomic mass is 35.5. The lowest BCUT2D eigenvalue weighted by molar-refractivity contribution is -0.129. The summed E-state index contributed by atoms with van der Waals surface area (Å²) in [5.41, 5.74) is 3.14. The average Bonchev–Trinajstić information content (AvgIpc) is 2.69. The molecule has 0 radical (unpaired) electrons. The molecule has 1 aliphatic rings. The highest BCUT2D eigenvalue weighted by molar-refractivity contribution is 6.30. The molecule has 2 aromatic carbocycles. The van der Waals surface area contributed by atoms with Gasteiger partial charge in [0.1, 0.15) is 0 Å². The van der Waals surface area contributed by atoms with Crippen molar-refractivity contribution < 1.29 is 9.59 Å². The monoisotopic (exact) mass is 398 g/mol. The van der Waals surface area contributed by atoms with E-state index in [4.69, 9.17) is 11.6 Å². The average molecular weight is 399 g/mol. The molecule has 1 fully saturated rings. The standard InChI is InChI=1S/C23H27ClN2O2/c1-16-8-6-9-17(2)21(16)26-20(27)15-25-22(28)23(12-4-3-5-13-23)18-10-7-11-19(24)14-18/h6-11,14H,3-5,12-13,15H2,1-2H3,(H,25,28)(H,26,27). The van der Waals surface area contributed by atoms with Gasteiger partial charge in [-0.2, -0.15) is 0 Å². The summed E-state index contributed by atoms with van der Waals surface area (Å²) in [5.74, 6) is -0.311. The predicted octanol–water partition coefficient (Wildman–Crippen LogP) is 4.91. The van der Waals surface area contributed by atoms with Crippen LogP contribution in [0.1, 0.15) is 48.8 Å². The number of benzene rings is 2. The Morgan fingerprint density at radius 3 is 2.29 bits per heavy atom. The van der Waals surface area contributed by atoms with E-state index in [1.807, 2.05) is 56.3 Å². The topological polar surface area (TPSA) is 58.2 Å². The molecule has 1 saturated carbocycles. The first-order chi connectivity index (χ1) is 13.4. The van der Waals surface area contributed by atoms with Crippen molar-refractivity contribution in [1.82, 2.24) is 5.32 Å². The fourth-order valence-electron chi connectivity index (χ4n) is 4.11. The lowest BCUT2D eigenvalue weighted by atomic mass is 9.68. The van der Waals surface area contributed by atoms with Gasteiger partial charge in [0.05, 0.1) is 12.0 Å². The van der Waals surface area contributed by atoms with Crippen LogP contribution in [0.5, 0.6) is 0 Å². The van der Waals surface area contributed by atoms with Crippen LogP contribution in [-0.4, -0.2) is 18.4 Å². The van der Waals surface area contributed by atoms with E-state index in [1.54, 1.807) is 0 Å². The van der Waals surface area contributed by atoms with Gasteiger partial charge in [-0.05, 0) is 55.5 Å². The van der Waals surface area contributed by atoms with E-state index in [2.05, 4.69) is 10.6 Å². The first-order valence-electron chi connectivity index (χ1n) is 9.83. The van der Waals surface area contributed by atoms with Gasteiger partial charge in [-0.3, -0.25) is 9.59 Å². The van der Waals surface area contributed by atoms with Crippen LogP contribution < -0.4 is 10.6 Å². The molecule has 2 N–H and O–H groups in total. The number of para-hydroxylation sites is 1. The second-order valence-electron chi connectivity index (χ2n) is 7.65. The van der Waals surface area contributed by atoms with Crippen LogP contribution in [0.25, 0.3) is 0 Å². The van der Waals surface area contributed by atoms with E-state index in [0.29, 0.717) is 5.02 Å². The Bertz CT molecular complexity index is 852. The third-order valence-corrected chi connectivity index (χ3v) is 5.91. The Balaban J connectivity index is 1.71. The van der Waals surface area contributed by atoms with Crippen LogP contribution in [0, 0.1) is 13.8 Å². The van der Waals surface area contributed by atoms with E-state index in [0.717, 1.165) is 54.5 Å². The van der Waals surface area contributed by atoms with Gasteiger partial charge < -0.3 is 10.6 Å². The minimum Gasteiger partial charge on any atom is -0.346 e. The number of anilines is 1. The normalized spacial score (nSPS) is 15.7. The molecule has 0 heterocycles. The number of halogens is 1. The van der Waals surface area contributed by atoms with Gasteiger partial charge in [-0.1, -0.05) is 61.2 Å². The van der Waals surface area contributed by atoms with Gasteiger partial charge in [-0.15, -0.1) is 0 Å². The predicted molar refractivity (Wildman–Crippen MR) is 114 cm³/mol. The van der Waals surface area contributed by atoms with Gasteiger partial charge in [0, 0.05) is 10.7 Å². The fraction of sp³-hybridized carbons (Fsp3) is 0.391. The number of carbonyl (C=O) groups is 2. The molecule has 28 heavy (non-hydrogen) atoms.